The molecule has 1 aromatic heterocycles. The first-order valence-electron chi connectivity index (χ1n) is 6.74. The largest absolute Gasteiger partial charge is 0.504 e. The van der Waals surface area contributed by atoms with Gasteiger partial charge in [0.05, 0.1) is 30.5 Å². The average molecular weight is 315 g/mol. The second kappa shape index (κ2) is 7.56. The highest BCUT2D eigenvalue weighted by molar-refractivity contribution is 7.07. The van der Waals surface area contributed by atoms with Gasteiger partial charge in [0.25, 0.3) is 0 Å². The van der Waals surface area contributed by atoms with E-state index in [-0.39, 0.29) is 0 Å². The molecule has 4 nitrogen and oxygen atoms in total. The topological polar surface area (TPSA) is 59.4 Å². The minimum Gasteiger partial charge on any atom is -0.504 e. The molecule has 1 N–H and O–H groups in total. The van der Waals surface area contributed by atoms with Gasteiger partial charge in [0.2, 0.25) is 0 Å². The minimum atomic E-state index is -0.887. The number of aliphatic carboxylic acids is 1. The van der Waals surface area contributed by atoms with Crippen LogP contribution in [-0.4, -0.2) is 23.2 Å². The number of ether oxygens (including phenoxy) is 1. The number of benzene rings is 1. The molecular formula is C17H17NO3S. The Morgan fingerprint density at radius 3 is 2.77 bits per heavy atom. The molecule has 5 heteroatoms. The van der Waals surface area contributed by atoms with Crippen LogP contribution in [0.4, 0.5) is 0 Å². The van der Waals surface area contributed by atoms with E-state index in [1.54, 1.807) is 12.4 Å². The second-order valence-electron chi connectivity index (χ2n) is 4.70. The van der Waals surface area contributed by atoms with Crippen molar-refractivity contribution in [3.63, 3.8) is 0 Å². The van der Waals surface area contributed by atoms with Crippen molar-refractivity contribution < 1.29 is 14.6 Å². The van der Waals surface area contributed by atoms with Gasteiger partial charge in [-0.3, -0.25) is 4.79 Å². The van der Waals surface area contributed by atoms with Gasteiger partial charge in [-0.2, -0.15) is 0 Å². The lowest BCUT2D eigenvalue weighted by Gasteiger charge is -2.14. The fourth-order valence-corrected chi connectivity index (χ4v) is 2.57. The van der Waals surface area contributed by atoms with Crippen LogP contribution in [-0.2, 0) is 9.53 Å². The lowest BCUT2D eigenvalue weighted by Crippen LogP contribution is -2.12. The molecule has 0 fully saturated rings. The van der Waals surface area contributed by atoms with Gasteiger partial charge in [-0.25, -0.2) is 4.98 Å². The molecule has 0 amide bonds. The fraction of sp³-hybridized carbons (Fsp3) is 0.176. The molecule has 0 saturated carbocycles. The molecule has 1 aromatic carbocycles. The molecular weight excluding hydrogens is 298 g/mol. The number of rotatable bonds is 6. The monoisotopic (exact) mass is 315 g/mol. The Morgan fingerprint density at radius 2 is 2.14 bits per heavy atom. The number of thiazole rings is 1. The van der Waals surface area contributed by atoms with Gasteiger partial charge in [-0.15, -0.1) is 11.3 Å². The Hall–Kier alpha value is -2.40. The predicted molar refractivity (Wildman–Crippen MR) is 89.3 cm³/mol. The van der Waals surface area contributed by atoms with Gasteiger partial charge in [0, 0.05) is 11.0 Å². The number of hydrogen-bond acceptors (Lipinski definition) is 4. The summed E-state index contributed by atoms with van der Waals surface area (Å²) in [7, 11) is 1.52. The van der Waals surface area contributed by atoms with E-state index in [4.69, 9.17) is 4.74 Å². The molecule has 0 saturated heterocycles. The number of hydrogen-bond donors (Lipinski definition) is 1. The van der Waals surface area contributed by atoms with E-state index in [0.29, 0.717) is 5.57 Å². The van der Waals surface area contributed by atoms with E-state index in [1.165, 1.54) is 24.7 Å². The van der Waals surface area contributed by atoms with Crippen molar-refractivity contribution in [3.05, 3.63) is 58.2 Å². The summed E-state index contributed by atoms with van der Waals surface area (Å²) < 4.78 is 5.07. The van der Waals surface area contributed by atoms with Crippen LogP contribution in [0.25, 0.3) is 17.7 Å². The van der Waals surface area contributed by atoms with Crippen LogP contribution in [0.2, 0.25) is 0 Å². The van der Waals surface area contributed by atoms with E-state index in [0.717, 1.165) is 16.8 Å². The summed E-state index contributed by atoms with van der Waals surface area (Å²) in [5, 5.41) is 11.2. The summed E-state index contributed by atoms with van der Waals surface area (Å²) in [4.78, 5) is 15.5. The van der Waals surface area contributed by atoms with Crippen LogP contribution in [0.1, 0.15) is 23.7 Å². The van der Waals surface area contributed by atoms with Gasteiger partial charge < -0.3 is 9.84 Å². The second-order valence-corrected chi connectivity index (χ2v) is 5.42. The number of carbonyl (C=O) groups is 1. The minimum absolute atomic E-state index is 0.633. The van der Waals surface area contributed by atoms with Crippen LogP contribution in [0, 0.1) is 5.92 Å². The smallest absolute Gasteiger partial charge is 0.310 e. The third kappa shape index (κ3) is 3.83. The van der Waals surface area contributed by atoms with Crippen molar-refractivity contribution in [2.45, 2.75) is 6.92 Å². The standard InChI is InChI=1S/C17H17NO3S/c1-12(17(19)20)16(9-21-2)15-6-4-3-5-13(15)7-8-14-10-22-11-18-14/h3-12H,1-2H3,(H,19,20)/b8-7+,16-9+. The zero-order valence-corrected chi connectivity index (χ0v) is 13.2. The van der Waals surface area contributed by atoms with E-state index in [9.17, 15) is 9.90 Å². The number of methoxy groups -OCH3 is 1. The van der Waals surface area contributed by atoms with Crippen molar-refractivity contribution in [1.29, 1.82) is 0 Å². The molecule has 0 spiro atoms. The van der Waals surface area contributed by atoms with Crippen molar-refractivity contribution in [2.24, 2.45) is 5.92 Å². The first-order valence-corrected chi connectivity index (χ1v) is 7.69. The molecule has 1 unspecified atom stereocenters. The Balaban J connectivity index is 2.41. The highest BCUT2D eigenvalue weighted by Crippen LogP contribution is 2.28. The molecule has 1 atom stereocenters. The van der Waals surface area contributed by atoms with Gasteiger partial charge in [0.15, 0.2) is 0 Å². The zero-order chi connectivity index (χ0) is 15.9. The number of carboxylic acids is 1. The molecule has 0 radical (unpaired) electrons. The summed E-state index contributed by atoms with van der Waals surface area (Å²) in [6, 6.07) is 7.63. The summed E-state index contributed by atoms with van der Waals surface area (Å²) in [6.45, 7) is 1.65. The van der Waals surface area contributed by atoms with Crippen LogP contribution in [0.3, 0.4) is 0 Å². The lowest BCUT2D eigenvalue weighted by molar-refractivity contribution is -0.139. The maximum Gasteiger partial charge on any atom is 0.310 e. The van der Waals surface area contributed by atoms with Crippen molar-refractivity contribution in [1.82, 2.24) is 4.98 Å². The van der Waals surface area contributed by atoms with Crippen LogP contribution >= 0.6 is 11.3 Å². The molecule has 0 aliphatic rings. The number of nitrogens with zero attached hydrogens (tertiary/aromatic N) is 1. The summed E-state index contributed by atoms with van der Waals surface area (Å²) in [6.07, 6.45) is 5.34. The maximum atomic E-state index is 11.3. The van der Waals surface area contributed by atoms with E-state index in [1.807, 2.05) is 41.8 Å². The highest BCUT2D eigenvalue weighted by Gasteiger charge is 2.20. The fourth-order valence-electron chi connectivity index (χ4n) is 2.04. The zero-order valence-electron chi connectivity index (χ0n) is 12.4. The first kappa shape index (κ1) is 16.0. The number of carboxylic acid groups (broad SMARTS) is 1. The predicted octanol–water partition coefficient (Wildman–Crippen LogP) is 4.02. The third-order valence-electron chi connectivity index (χ3n) is 3.24. The average Bonchev–Trinajstić information content (AvgIpc) is 3.03. The van der Waals surface area contributed by atoms with Crippen LogP contribution in [0.15, 0.2) is 41.4 Å². The highest BCUT2D eigenvalue weighted by atomic mass is 32.1. The normalized spacial score (nSPS) is 13.3. The Morgan fingerprint density at radius 1 is 1.36 bits per heavy atom. The Labute approximate surface area is 133 Å². The molecule has 22 heavy (non-hydrogen) atoms. The van der Waals surface area contributed by atoms with E-state index >= 15 is 0 Å². The summed E-state index contributed by atoms with van der Waals surface area (Å²) >= 11 is 1.53. The molecule has 0 aliphatic carbocycles. The van der Waals surface area contributed by atoms with Gasteiger partial charge >= 0.3 is 5.97 Å². The third-order valence-corrected chi connectivity index (χ3v) is 3.84. The summed E-state index contributed by atoms with van der Waals surface area (Å²) in [5.74, 6) is -1.55. The molecule has 2 rings (SSSR count). The van der Waals surface area contributed by atoms with Gasteiger partial charge in [-0.1, -0.05) is 30.3 Å². The molecule has 2 aromatic rings. The molecule has 0 aliphatic heterocycles. The lowest BCUT2D eigenvalue weighted by atomic mass is 9.91. The molecule has 0 bridgehead atoms. The van der Waals surface area contributed by atoms with Gasteiger partial charge in [0.1, 0.15) is 0 Å². The van der Waals surface area contributed by atoms with Crippen molar-refractivity contribution >= 4 is 35.0 Å². The quantitative estimate of drug-likeness (QED) is 0.818. The molecule has 114 valence electrons. The maximum absolute atomic E-state index is 11.3. The van der Waals surface area contributed by atoms with Crippen molar-refractivity contribution in [3.8, 4) is 0 Å². The van der Waals surface area contributed by atoms with Gasteiger partial charge in [-0.05, 0) is 24.1 Å². The van der Waals surface area contributed by atoms with Crippen molar-refractivity contribution in [2.75, 3.05) is 7.11 Å². The van der Waals surface area contributed by atoms with Crippen LogP contribution in [0.5, 0.6) is 0 Å². The van der Waals surface area contributed by atoms with E-state index < -0.39 is 11.9 Å². The molecule has 1 heterocycles. The Kier molecular flexibility index (Phi) is 5.49. The van der Waals surface area contributed by atoms with E-state index in [2.05, 4.69) is 4.98 Å². The number of aromatic nitrogens is 1. The summed E-state index contributed by atoms with van der Waals surface area (Å²) in [5.41, 5.74) is 5.04. The first-order chi connectivity index (χ1) is 10.6. The SMILES string of the molecule is CO/C=C(/c1ccccc1/C=C/c1cscn1)C(C)C(=O)O. The Bertz CT molecular complexity index is 690. The van der Waals surface area contributed by atoms with Crippen LogP contribution < -0.4 is 0 Å².